The van der Waals surface area contributed by atoms with Crippen molar-refractivity contribution in [1.82, 2.24) is 0 Å². The maximum absolute atomic E-state index is 11.7. The van der Waals surface area contributed by atoms with Gasteiger partial charge in [0.05, 0.1) is 0 Å². The Kier molecular flexibility index (Phi) is 5.68. The van der Waals surface area contributed by atoms with Crippen LogP contribution in [0.25, 0.3) is 22.0 Å². The van der Waals surface area contributed by atoms with E-state index in [9.17, 15) is 4.79 Å². The number of Topliss-reactive ketones (excluding diaryl/α,β-unsaturated/α-hetero) is 1. The third-order valence-electron chi connectivity index (χ3n) is 2.93. The average Bonchev–Trinajstić information content (AvgIpc) is 2.36. The second-order valence-corrected chi connectivity index (χ2v) is 4.44. The largest absolute Gasteiger partial charge is 0.373 e. The first-order valence-corrected chi connectivity index (χ1v) is 5.94. The van der Waals surface area contributed by atoms with Crippen molar-refractivity contribution in [3.05, 3.63) is 57.4 Å². The summed E-state index contributed by atoms with van der Waals surface area (Å²) in [5.74, 6) is 0.981. The highest BCUT2D eigenvalue weighted by Crippen LogP contribution is 2.26. The van der Waals surface area contributed by atoms with Gasteiger partial charge in [-0.15, -0.1) is 0 Å². The molecule has 4 heteroatoms. The lowest BCUT2D eigenvalue weighted by Gasteiger charge is -2.19. The number of rotatable bonds is 1. The number of carbonyl (C=O) groups is 1. The molecular formula is C14H16N3O-. The number of nitrogens with zero attached hydrogens (tertiary/aromatic N) is 3. The van der Waals surface area contributed by atoms with Gasteiger partial charge in [-0.1, -0.05) is 37.3 Å². The summed E-state index contributed by atoms with van der Waals surface area (Å²) in [5.41, 5.74) is 15.6. The molecule has 18 heavy (non-hydrogen) atoms. The lowest BCUT2D eigenvalue weighted by molar-refractivity contribution is -0.116. The van der Waals surface area contributed by atoms with Crippen molar-refractivity contribution >= 4 is 11.9 Å². The molecule has 0 aromatic heterocycles. The topological polar surface area (TPSA) is 75.8 Å². The SMILES string of the molecule is CC1CCC(=O)C(=Cc2ccccc2)C1.[N-]=[N+]=[N-]. The molecule has 0 bridgehead atoms. The van der Waals surface area contributed by atoms with E-state index in [-0.39, 0.29) is 0 Å². The lowest BCUT2D eigenvalue weighted by Crippen LogP contribution is -2.14. The first kappa shape index (κ1) is 14.0. The normalized spacial score (nSPS) is 20.8. The van der Waals surface area contributed by atoms with Gasteiger partial charge < -0.3 is 11.1 Å². The van der Waals surface area contributed by atoms with Gasteiger partial charge >= 0.3 is 0 Å². The predicted octanol–water partition coefficient (Wildman–Crippen LogP) is 4.33. The minimum atomic E-state index is 0.331. The second-order valence-electron chi connectivity index (χ2n) is 4.44. The number of benzene rings is 1. The Bertz CT molecular complexity index is 459. The summed E-state index contributed by atoms with van der Waals surface area (Å²) in [4.78, 5) is 13.2. The number of carbonyl (C=O) groups excluding carboxylic acids is 1. The van der Waals surface area contributed by atoms with Crippen molar-refractivity contribution in [2.24, 2.45) is 5.92 Å². The molecule has 0 spiro atoms. The van der Waals surface area contributed by atoms with Gasteiger partial charge in [-0.3, -0.25) is 9.71 Å². The van der Waals surface area contributed by atoms with Crippen molar-refractivity contribution in [1.29, 1.82) is 0 Å². The molecule has 0 N–H and O–H groups in total. The summed E-state index contributed by atoms with van der Waals surface area (Å²) >= 11 is 0. The van der Waals surface area contributed by atoms with Crippen LogP contribution in [0, 0.1) is 5.92 Å². The Labute approximate surface area is 107 Å². The summed E-state index contributed by atoms with van der Waals surface area (Å²) in [6, 6.07) is 10.1. The Morgan fingerprint density at radius 1 is 1.28 bits per heavy atom. The fourth-order valence-corrected chi connectivity index (χ4v) is 2.02. The van der Waals surface area contributed by atoms with E-state index in [0.29, 0.717) is 11.7 Å². The lowest BCUT2D eigenvalue weighted by atomic mass is 9.85. The first-order valence-electron chi connectivity index (χ1n) is 5.94. The molecule has 0 heterocycles. The van der Waals surface area contributed by atoms with Gasteiger partial charge in [0, 0.05) is 6.42 Å². The van der Waals surface area contributed by atoms with Crippen molar-refractivity contribution < 1.29 is 4.79 Å². The molecule has 1 aromatic rings. The second kappa shape index (κ2) is 7.30. The Balaban J connectivity index is 0.000000492. The van der Waals surface area contributed by atoms with Gasteiger partial charge in [0.15, 0.2) is 5.78 Å². The highest BCUT2D eigenvalue weighted by atomic mass is 16.1. The molecule has 1 atom stereocenters. The van der Waals surface area contributed by atoms with E-state index >= 15 is 0 Å². The van der Waals surface area contributed by atoms with Gasteiger partial charge in [0.2, 0.25) is 0 Å². The third-order valence-corrected chi connectivity index (χ3v) is 2.93. The molecule has 4 nitrogen and oxygen atoms in total. The van der Waals surface area contributed by atoms with Crippen LogP contribution < -0.4 is 0 Å². The van der Waals surface area contributed by atoms with E-state index in [1.165, 1.54) is 4.91 Å². The first-order chi connectivity index (χ1) is 8.67. The quantitative estimate of drug-likeness (QED) is 0.312. The van der Waals surface area contributed by atoms with Gasteiger partial charge in [0.25, 0.3) is 0 Å². The molecular weight excluding hydrogens is 226 g/mol. The average molecular weight is 242 g/mol. The number of hydrogen-bond donors (Lipinski definition) is 0. The zero-order valence-corrected chi connectivity index (χ0v) is 10.4. The molecule has 0 saturated heterocycles. The van der Waals surface area contributed by atoms with Crippen LogP contribution in [0.5, 0.6) is 0 Å². The van der Waals surface area contributed by atoms with Crippen LogP contribution in [0.2, 0.25) is 0 Å². The molecule has 2 rings (SSSR count). The van der Waals surface area contributed by atoms with Crippen LogP contribution in [0.4, 0.5) is 0 Å². The van der Waals surface area contributed by atoms with Gasteiger partial charge in [-0.05, 0) is 36.0 Å². The summed E-state index contributed by atoms with van der Waals surface area (Å²) in [5, 5.41) is 0. The summed E-state index contributed by atoms with van der Waals surface area (Å²) in [6.07, 6.45) is 4.75. The summed E-state index contributed by atoms with van der Waals surface area (Å²) in [6.45, 7) is 2.21. The highest BCUT2D eigenvalue weighted by molar-refractivity contribution is 6.00. The molecule has 1 unspecified atom stereocenters. The minimum Gasteiger partial charge on any atom is -0.373 e. The third kappa shape index (κ3) is 4.44. The highest BCUT2D eigenvalue weighted by Gasteiger charge is 2.19. The van der Waals surface area contributed by atoms with Crippen LogP contribution in [-0.2, 0) is 4.79 Å². The Morgan fingerprint density at radius 2 is 1.89 bits per heavy atom. The van der Waals surface area contributed by atoms with Gasteiger partial charge in [-0.2, -0.15) is 0 Å². The van der Waals surface area contributed by atoms with Gasteiger partial charge in [0.1, 0.15) is 0 Å². The standard InChI is InChI=1S/C14H16O.N3/c1-11-7-8-14(15)13(9-11)10-12-5-3-2-4-6-12;1-3-2/h2-6,10-11H,7-9H2,1H3;/q;-1. The molecule has 0 radical (unpaired) electrons. The molecule has 1 aliphatic rings. The van der Waals surface area contributed by atoms with Crippen LogP contribution in [0.1, 0.15) is 31.7 Å². The summed E-state index contributed by atoms with van der Waals surface area (Å²) in [7, 11) is 0. The zero-order valence-electron chi connectivity index (χ0n) is 10.4. The van der Waals surface area contributed by atoms with E-state index in [1.54, 1.807) is 0 Å². The van der Waals surface area contributed by atoms with E-state index in [2.05, 4.69) is 6.92 Å². The fourth-order valence-electron chi connectivity index (χ4n) is 2.02. The Morgan fingerprint density at radius 3 is 2.50 bits per heavy atom. The number of hydrogen-bond acceptors (Lipinski definition) is 1. The minimum absolute atomic E-state index is 0.331. The zero-order chi connectivity index (χ0) is 13.4. The Hall–Kier alpha value is -2.06. The van der Waals surface area contributed by atoms with Crippen LogP contribution in [-0.4, -0.2) is 5.78 Å². The van der Waals surface area contributed by atoms with Crippen molar-refractivity contribution in [2.75, 3.05) is 0 Å². The van der Waals surface area contributed by atoms with Gasteiger partial charge in [-0.25, -0.2) is 0 Å². The smallest absolute Gasteiger partial charge is 0.158 e. The maximum Gasteiger partial charge on any atom is 0.158 e. The van der Waals surface area contributed by atoms with E-state index in [0.717, 1.165) is 30.4 Å². The number of ketones is 1. The van der Waals surface area contributed by atoms with Crippen LogP contribution in [0.3, 0.4) is 0 Å². The van der Waals surface area contributed by atoms with Crippen molar-refractivity contribution in [2.45, 2.75) is 26.2 Å². The van der Waals surface area contributed by atoms with Crippen LogP contribution in [0.15, 0.2) is 35.9 Å². The van der Waals surface area contributed by atoms with Crippen LogP contribution >= 0.6 is 0 Å². The molecule has 0 amide bonds. The molecule has 0 aliphatic heterocycles. The summed E-state index contributed by atoms with van der Waals surface area (Å²) < 4.78 is 0. The molecule has 1 aliphatic carbocycles. The van der Waals surface area contributed by atoms with E-state index in [1.807, 2.05) is 36.4 Å². The molecule has 1 aromatic carbocycles. The number of allylic oxidation sites excluding steroid dienone is 1. The predicted molar refractivity (Wildman–Crippen MR) is 72.5 cm³/mol. The fraction of sp³-hybridized carbons (Fsp3) is 0.357. The molecule has 94 valence electrons. The van der Waals surface area contributed by atoms with Crippen molar-refractivity contribution in [3.63, 3.8) is 0 Å². The maximum atomic E-state index is 11.7. The molecule has 1 fully saturated rings. The van der Waals surface area contributed by atoms with E-state index in [4.69, 9.17) is 11.1 Å². The van der Waals surface area contributed by atoms with E-state index < -0.39 is 0 Å². The molecule has 1 saturated carbocycles. The monoisotopic (exact) mass is 242 g/mol. The van der Waals surface area contributed by atoms with Crippen molar-refractivity contribution in [3.8, 4) is 0 Å².